The molecule has 1 nitrogen and oxygen atoms in total. The predicted octanol–water partition coefficient (Wildman–Crippen LogP) is 7.13. The van der Waals surface area contributed by atoms with Gasteiger partial charge in [0.15, 0.2) is 0 Å². The van der Waals surface area contributed by atoms with Gasteiger partial charge in [0.2, 0.25) is 0 Å². The number of para-hydroxylation sites is 1. The smallest absolute Gasteiger partial charge is 0.0393 e. The SMILES string of the molecule is CCCCCCCCCCCCCCN(C)c1ccccc1C. The van der Waals surface area contributed by atoms with Gasteiger partial charge in [0.05, 0.1) is 0 Å². The molecule has 0 radical (unpaired) electrons. The molecule has 1 aromatic rings. The quantitative estimate of drug-likeness (QED) is 0.330. The van der Waals surface area contributed by atoms with Gasteiger partial charge in [0.1, 0.15) is 0 Å². The van der Waals surface area contributed by atoms with Gasteiger partial charge in [-0.1, -0.05) is 95.8 Å². The Morgan fingerprint density at radius 2 is 1.17 bits per heavy atom. The van der Waals surface area contributed by atoms with Crippen LogP contribution < -0.4 is 4.90 Å². The number of hydrogen-bond acceptors (Lipinski definition) is 1. The molecule has 0 aliphatic rings. The standard InChI is InChI=1S/C22H39N/c1-4-5-6-7-8-9-10-11-12-13-14-17-20-23(3)22-19-16-15-18-21(22)2/h15-16,18-19H,4-14,17,20H2,1-3H3. The number of unbranched alkanes of at least 4 members (excludes halogenated alkanes) is 11. The van der Waals surface area contributed by atoms with E-state index in [0.717, 1.165) is 0 Å². The zero-order valence-corrected chi connectivity index (χ0v) is 15.9. The van der Waals surface area contributed by atoms with Crippen LogP contribution in [0.25, 0.3) is 0 Å². The molecule has 0 bridgehead atoms. The average Bonchev–Trinajstić information content (AvgIpc) is 2.56. The molecule has 0 amide bonds. The number of benzene rings is 1. The van der Waals surface area contributed by atoms with Gasteiger partial charge in [-0.05, 0) is 25.0 Å². The van der Waals surface area contributed by atoms with E-state index >= 15 is 0 Å². The molecule has 0 aromatic heterocycles. The molecule has 0 unspecified atom stereocenters. The highest BCUT2D eigenvalue weighted by atomic mass is 15.1. The second-order valence-corrected chi connectivity index (χ2v) is 7.10. The first kappa shape index (κ1) is 20.1. The molecular formula is C22H39N. The Labute approximate surface area is 145 Å². The van der Waals surface area contributed by atoms with Crippen LogP contribution in [0.15, 0.2) is 24.3 Å². The minimum Gasteiger partial charge on any atom is -0.374 e. The number of anilines is 1. The minimum atomic E-state index is 1.18. The molecule has 0 saturated carbocycles. The van der Waals surface area contributed by atoms with Gasteiger partial charge < -0.3 is 4.90 Å². The van der Waals surface area contributed by atoms with Crippen LogP contribution >= 0.6 is 0 Å². The van der Waals surface area contributed by atoms with Crippen molar-refractivity contribution < 1.29 is 0 Å². The molecule has 1 rings (SSSR count). The lowest BCUT2D eigenvalue weighted by Gasteiger charge is -2.21. The van der Waals surface area contributed by atoms with Crippen LogP contribution in [0.5, 0.6) is 0 Å². The maximum atomic E-state index is 2.41. The topological polar surface area (TPSA) is 3.24 Å². The molecule has 0 aliphatic carbocycles. The van der Waals surface area contributed by atoms with E-state index in [1.54, 1.807) is 0 Å². The Bertz CT molecular complexity index is 385. The van der Waals surface area contributed by atoms with Crippen LogP contribution in [0.2, 0.25) is 0 Å². The Kier molecular flexibility index (Phi) is 11.7. The first-order valence-corrected chi connectivity index (χ1v) is 10.0. The van der Waals surface area contributed by atoms with Gasteiger partial charge in [-0.15, -0.1) is 0 Å². The van der Waals surface area contributed by atoms with Crippen LogP contribution in [0, 0.1) is 6.92 Å². The van der Waals surface area contributed by atoms with Crippen molar-refractivity contribution in [1.82, 2.24) is 0 Å². The lowest BCUT2D eigenvalue weighted by Crippen LogP contribution is -2.19. The highest BCUT2D eigenvalue weighted by Crippen LogP contribution is 2.18. The van der Waals surface area contributed by atoms with Gasteiger partial charge in [0.25, 0.3) is 0 Å². The Morgan fingerprint density at radius 3 is 1.70 bits per heavy atom. The van der Waals surface area contributed by atoms with Crippen molar-refractivity contribution in [3.63, 3.8) is 0 Å². The monoisotopic (exact) mass is 317 g/mol. The highest BCUT2D eigenvalue weighted by molar-refractivity contribution is 5.52. The van der Waals surface area contributed by atoms with Crippen molar-refractivity contribution in [3.8, 4) is 0 Å². The van der Waals surface area contributed by atoms with E-state index in [0.29, 0.717) is 0 Å². The molecule has 0 spiro atoms. The molecule has 0 atom stereocenters. The van der Waals surface area contributed by atoms with Gasteiger partial charge in [-0.3, -0.25) is 0 Å². The Balaban J connectivity index is 1.91. The van der Waals surface area contributed by atoms with Crippen molar-refractivity contribution in [2.75, 3.05) is 18.5 Å². The summed E-state index contributed by atoms with van der Waals surface area (Å²) in [4.78, 5) is 2.41. The lowest BCUT2D eigenvalue weighted by molar-refractivity contribution is 0.544. The molecule has 0 heterocycles. The number of hydrogen-bond donors (Lipinski definition) is 0. The van der Waals surface area contributed by atoms with E-state index < -0.39 is 0 Å². The summed E-state index contributed by atoms with van der Waals surface area (Å²) in [5, 5.41) is 0. The minimum absolute atomic E-state index is 1.18. The maximum Gasteiger partial charge on any atom is 0.0393 e. The molecule has 0 N–H and O–H groups in total. The lowest BCUT2D eigenvalue weighted by atomic mass is 10.1. The van der Waals surface area contributed by atoms with Gasteiger partial charge >= 0.3 is 0 Å². The van der Waals surface area contributed by atoms with Gasteiger partial charge in [-0.2, -0.15) is 0 Å². The van der Waals surface area contributed by atoms with Crippen LogP contribution in [-0.4, -0.2) is 13.6 Å². The zero-order chi connectivity index (χ0) is 16.8. The fourth-order valence-corrected chi connectivity index (χ4v) is 3.30. The molecule has 1 aromatic carbocycles. The summed E-state index contributed by atoms with van der Waals surface area (Å²) in [6, 6.07) is 8.70. The normalized spacial score (nSPS) is 10.9. The molecular weight excluding hydrogens is 278 g/mol. The van der Waals surface area contributed by atoms with Crippen molar-refractivity contribution in [2.24, 2.45) is 0 Å². The Morgan fingerprint density at radius 1 is 0.696 bits per heavy atom. The van der Waals surface area contributed by atoms with Crippen molar-refractivity contribution in [1.29, 1.82) is 0 Å². The summed E-state index contributed by atoms with van der Waals surface area (Å²) in [7, 11) is 2.22. The van der Waals surface area contributed by atoms with E-state index in [1.165, 1.54) is 94.8 Å². The van der Waals surface area contributed by atoms with E-state index in [1.807, 2.05) is 0 Å². The largest absolute Gasteiger partial charge is 0.374 e. The molecule has 132 valence electrons. The molecule has 23 heavy (non-hydrogen) atoms. The fraction of sp³-hybridized carbons (Fsp3) is 0.727. The third-order valence-corrected chi connectivity index (χ3v) is 4.87. The second-order valence-electron chi connectivity index (χ2n) is 7.10. The van der Waals surface area contributed by atoms with Crippen LogP contribution in [0.3, 0.4) is 0 Å². The first-order valence-electron chi connectivity index (χ1n) is 10.0. The second kappa shape index (κ2) is 13.5. The summed E-state index contributed by atoms with van der Waals surface area (Å²) >= 11 is 0. The number of rotatable bonds is 14. The van der Waals surface area contributed by atoms with Crippen molar-refractivity contribution in [3.05, 3.63) is 29.8 Å². The number of aryl methyl sites for hydroxylation is 1. The third-order valence-electron chi connectivity index (χ3n) is 4.87. The van der Waals surface area contributed by atoms with E-state index in [2.05, 4.69) is 50.1 Å². The summed E-state index contributed by atoms with van der Waals surface area (Å²) in [6.45, 7) is 5.68. The molecule has 0 fully saturated rings. The first-order chi connectivity index (χ1) is 11.3. The summed E-state index contributed by atoms with van der Waals surface area (Å²) in [5.74, 6) is 0. The average molecular weight is 318 g/mol. The predicted molar refractivity (Wildman–Crippen MR) is 106 cm³/mol. The van der Waals surface area contributed by atoms with Crippen LogP contribution in [0.1, 0.15) is 89.5 Å². The molecule has 0 saturated heterocycles. The highest BCUT2D eigenvalue weighted by Gasteiger charge is 2.02. The number of nitrogens with zero attached hydrogens (tertiary/aromatic N) is 1. The van der Waals surface area contributed by atoms with Gasteiger partial charge in [-0.25, -0.2) is 0 Å². The van der Waals surface area contributed by atoms with Crippen molar-refractivity contribution in [2.45, 2.75) is 90.9 Å². The summed E-state index contributed by atoms with van der Waals surface area (Å²) < 4.78 is 0. The fourth-order valence-electron chi connectivity index (χ4n) is 3.30. The van der Waals surface area contributed by atoms with Crippen molar-refractivity contribution >= 4 is 5.69 Å². The molecule has 0 aliphatic heterocycles. The van der Waals surface area contributed by atoms with Crippen LogP contribution in [-0.2, 0) is 0 Å². The van der Waals surface area contributed by atoms with E-state index in [9.17, 15) is 0 Å². The maximum absolute atomic E-state index is 2.41. The summed E-state index contributed by atoms with van der Waals surface area (Å²) in [5.41, 5.74) is 2.77. The van der Waals surface area contributed by atoms with E-state index in [4.69, 9.17) is 0 Å². The Hall–Kier alpha value is -0.980. The third kappa shape index (κ3) is 9.69. The summed E-state index contributed by atoms with van der Waals surface area (Å²) in [6.07, 6.45) is 17.1. The van der Waals surface area contributed by atoms with E-state index in [-0.39, 0.29) is 0 Å². The van der Waals surface area contributed by atoms with Crippen LogP contribution in [0.4, 0.5) is 5.69 Å². The molecule has 1 heteroatoms. The van der Waals surface area contributed by atoms with Gasteiger partial charge in [0, 0.05) is 19.3 Å². The zero-order valence-electron chi connectivity index (χ0n) is 15.9.